The van der Waals surface area contributed by atoms with Crippen molar-refractivity contribution in [2.75, 3.05) is 5.32 Å². The average Bonchev–Trinajstić information content (AvgIpc) is 3.04. The number of halogens is 4. The first kappa shape index (κ1) is 23.9. The lowest BCUT2D eigenvalue weighted by molar-refractivity contribution is -0.142. The standard InChI is InChI=1S/C21H18BrF3N4O2S/c1-13(30)27-16-7-3-14(4-8-16)11-26-31-12-18-19(21(23,24)25)28-29(2)20(18)32-17-9-5-15(22)6-10-17/h3-11H,12H2,1-2H3,(H,27,30)/b26-11+. The molecule has 32 heavy (non-hydrogen) atoms. The van der Waals surface area contributed by atoms with Crippen LogP contribution in [-0.2, 0) is 29.5 Å². The van der Waals surface area contributed by atoms with Gasteiger partial charge < -0.3 is 10.2 Å². The molecule has 2 aromatic carbocycles. The van der Waals surface area contributed by atoms with E-state index in [9.17, 15) is 18.0 Å². The normalized spacial score (nSPS) is 11.7. The van der Waals surface area contributed by atoms with E-state index in [4.69, 9.17) is 4.84 Å². The number of nitrogens with one attached hydrogen (secondary N) is 1. The fraction of sp³-hybridized carbons (Fsp3) is 0.190. The number of hydrogen-bond donors (Lipinski definition) is 1. The first-order valence-corrected chi connectivity index (χ1v) is 10.8. The SMILES string of the molecule is CC(=O)Nc1ccc(/C=N/OCc2c(C(F)(F)F)nn(C)c2Sc2ccc(Br)cc2)cc1. The maximum atomic E-state index is 13.5. The number of amides is 1. The quantitative estimate of drug-likeness (QED) is 0.309. The predicted octanol–water partition coefficient (Wildman–Crippen LogP) is 5.86. The van der Waals surface area contributed by atoms with Crippen molar-refractivity contribution < 1.29 is 22.8 Å². The molecule has 0 saturated heterocycles. The molecule has 1 heterocycles. The lowest BCUT2D eigenvalue weighted by atomic mass is 10.2. The van der Waals surface area contributed by atoms with Crippen LogP contribution >= 0.6 is 27.7 Å². The molecule has 0 aliphatic carbocycles. The third kappa shape index (κ3) is 6.36. The Morgan fingerprint density at radius 1 is 1.22 bits per heavy atom. The number of carbonyl (C=O) groups is 1. The first-order chi connectivity index (χ1) is 15.1. The molecular weight excluding hydrogens is 509 g/mol. The summed E-state index contributed by atoms with van der Waals surface area (Å²) >= 11 is 4.50. The van der Waals surface area contributed by atoms with Gasteiger partial charge in [-0.3, -0.25) is 9.48 Å². The van der Waals surface area contributed by atoms with Gasteiger partial charge in [0.15, 0.2) is 5.69 Å². The van der Waals surface area contributed by atoms with Crippen LogP contribution in [0.4, 0.5) is 18.9 Å². The van der Waals surface area contributed by atoms with Gasteiger partial charge in [0, 0.05) is 29.0 Å². The second-order valence-electron chi connectivity index (χ2n) is 6.62. The zero-order valence-electron chi connectivity index (χ0n) is 17.0. The minimum atomic E-state index is -4.63. The van der Waals surface area contributed by atoms with Gasteiger partial charge in [0.05, 0.1) is 11.8 Å². The van der Waals surface area contributed by atoms with Crippen LogP contribution in [0.25, 0.3) is 0 Å². The Bertz CT molecular complexity index is 1110. The minimum absolute atomic E-state index is 0.0916. The molecule has 0 saturated carbocycles. The molecule has 0 aliphatic heterocycles. The number of nitrogens with zero attached hydrogens (tertiary/aromatic N) is 3. The highest BCUT2D eigenvalue weighted by Crippen LogP contribution is 2.39. The number of anilines is 1. The molecule has 0 aliphatic rings. The maximum Gasteiger partial charge on any atom is 0.435 e. The van der Waals surface area contributed by atoms with E-state index in [1.807, 2.05) is 0 Å². The molecule has 0 bridgehead atoms. The van der Waals surface area contributed by atoms with Gasteiger partial charge in [-0.1, -0.05) is 45.0 Å². The topological polar surface area (TPSA) is 68.5 Å². The fourth-order valence-electron chi connectivity index (χ4n) is 2.71. The highest BCUT2D eigenvalue weighted by molar-refractivity contribution is 9.10. The summed E-state index contributed by atoms with van der Waals surface area (Å²) < 4.78 is 42.6. The van der Waals surface area contributed by atoms with Crippen LogP contribution in [0.2, 0.25) is 0 Å². The zero-order valence-corrected chi connectivity index (χ0v) is 19.4. The average molecular weight is 527 g/mol. The molecule has 1 amide bonds. The lowest BCUT2D eigenvalue weighted by Gasteiger charge is -2.08. The Kier molecular flexibility index (Phi) is 7.62. The second kappa shape index (κ2) is 10.2. The summed E-state index contributed by atoms with van der Waals surface area (Å²) in [5, 5.41) is 10.4. The zero-order chi connectivity index (χ0) is 23.3. The van der Waals surface area contributed by atoms with Crippen molar-refractivity contribution in [3.8, 4) is 0 Å². The fourth-order valence-corrected chi connectivity index (χ4v) is 3.92. The molecular formula is C21H18BrF3N4O2S. The number of alkyl halides is 3. The Labute approximate surface area is 195 Å². The van der Waals surface area contributed by atoms with Crippen LogP contribution in [0.5, 0.6) is 0 Å². The largest absolute Gasteiger partial charge is 0.435 e. The molecule has 0 fully saturated rings. The number of oxime groups is 1. The van der Waals surface area contributed by atoms with Gasteiger partial charge in [0.1, 0.15) is 11.6 Å². The first-order valence-electron chi connectivity index (χ1n) is 9.23. The third-order valence-electron chi connectivity index (χ3n) is 4.10. The number of aromatic nitrogens is 2. The molecule has 168 valence electrons. The molecule has 3 rings (SSSR count). The number of carbonyl (C=O) groups excluding carboxylic acids is 1. The van der Waals surface area contributed by atoms with Crippen molar-refractivity contribution in [2.24, 2.45) is 12.2 Å². The number of rotatable bonds is 7. The molecule has 0 spiro atoms. The summed E-state index contributed by atoms with van der Waals surface area (Å²) in [5.74, 6) is -0.191. The molecule has 0 unspecified atom stereocenters. The van der Waals surface area contributed by atoms with Crippen LogP contribution in [-0.4, -0.2) is 21.9 Å². The van der Waals surface area contributed by atoms with Gasteiger partial charge >= 0.3 is 6.18 Å². The van der Waals surface area contributed by atoms with E-state index in [0.717, 1.165) is 21.1 Å². The van der Waals surface area contributed by atoms with E-state index in [0.29, 0.717) is 16.3 Å². The van der Waals surface area contributed by atoms with E-state index in [2.05, 4.69) is 31.5 Å². The van der Waals surface area contributed by atoms with Gasteiger partial charge in [0.25, 0.3) is 0 Å². The Balaban J connectivity index is 1.76. The van der Waals surface area contributed by atoms with Crippen LogP contribution in [0.3, 0.4) is 0 Å². The summed E-state index contributed by atoms with van der Waals surface area (Å²) in [5.41, 5.74) is 0.182. The van der Waals surface area contributed by atoms with E-state index in [1.54, 1.807) is 48.5 Å². The number of hydrogen-bond acceptors (Lipinski definition) is 5. The second-order valence-corrected chi connectivity index (χ2v) is 8.60. The molecule has 1 aromatic heterocycles. The monoisotopic (exact) mass is 526 g/mol. The highest BCUT2D eigenvalue weighted by atomic mass is 79.9. The van der Waals surface area contributed by atoms with Crippen molar-refractivity contribution in [1.82, 2.24) is 9.78 Å². The molecule has 1 N–H and O–H groups in total. The van der Waals surface area contributed by atoms with Crippen molar-refractivity contribution in [3.05, 3.63) is 69.8 Å². The van der Waals surface area contributed by atoms with Crippen molar-refractivity contribution in [3.63, 3.8) is 0 Å². The van der Waals surface area contributed by atoms with E-state index < -0.39 is 18.5 Å². The Morgan fingerprint density at radius 3 is 2.47 bits per heavy atom. The maximum absolute atomic E-state index is 13.5. The van der Waals surface area contributed by atoms with Crippen molar-refractivity contribution >= 4 is 45.5 Å². The van der Waals surface area contributed by atoms with Gasteiger partial charge in [-0.05, 0) is 42.0 Å². The molecule has 3 aromatic rings. The van der Waals surface area contributed by atoms with Crippen molar-refractivity contribution in [2.45, 2.75) is 29.6 Å². The van der Waals surface area contributed by atoms with Crippen LogP contribution < -0.4 is 5.32 Å². The van der Waals surface area contributed by atoms with Crippen LogP contribution in [0, 0.1) is 0 Å². The summed E-state index contributed by atoms with van der Waals surface area (Å²) in [7, 11) is 1.46. The van der Waals surface area contributed by atoms with Gasteiger partial charge in [-0.2, -0.15) is 18.3 Å². The number of aryl methyl sites for hydroxylation is 1. The van der Waals surface area contributed by atoms with E-state index in [1.165, 1.54) is 24.9 Å². The van der Waals surface area contributed by atoms with Gasteiger partial charge in [-0.15, -0.1) is 0 Å². The van der Waals surface area contributed by atoms with Crippen LogP contribution in [0.15, 0.2) is 68.1 Å². The summed E-state index contributed by atoms with van der Waals surface area (Å²) in [6.07, 6.45) is -3.25. The molecule has 0 atom stereocenters. The smallest absolute Gasteiger partial charge is 0.391 e. The van der Waals surface area contributed by atoms with Gasteiger partial charge in [0.2, 0.25) is 5.91 Å². The molecule has 0 radical (unpaired) electrons. The lowest BCUT2D eigenvalue weighted by Crippen LogP contribution is -2.10. The predicted molar refractivity (Wildman–Crippen MR) is 120 cm³/mol. The Morgan fingerprint density at radius 2 is 1.88 bits per heavy atom. The van der Waals surface area contributed by atoms with Crippen molar-refractivity contribution in [1.29, 1.82) is 0 Å². The highest BCUT2D eigenvalue weighted by Gasteiger charge is 2.39. The molecule has 6 nitrogen and oxygen atoms in total. The van der Waals surface area contributed by atoms with Crippen LogP contribution in [0.1, 0.15) is 23.7 Å². The van der Waals surface area contributed by atoms with E-state index in [-0.39, 0.29) is 11.5 Å². The number of benzene rings is 2. The molecule has 11 heteroatoms. The summed E-state index contributed by atoms with van der Waals surface area (Å²) in [4.78, 5) is 17.0. The Hall–Kier alpha value is -2.79. The summed E-state index contributed by atoms with van der Waals surface area (Å²) in [6.45, 7) is 1.00. The third-order valence-corrected chi connectivity index (χ3v) is 5.84. The minimum Gasteiger partial charge on any atom is -0.391 e. The van der Waals surface area contributed by atoms with E-state index >= 15 is 0 Å². The van der Waals surface area contributed by atoms with Gasteiger partial charge in [-0.25, -0.2) is 0 Å². The summed E-state index contributed by atoms with van der Waals surface area (Å²) in [6, 6.07) is 13.9.